The van der Waals surface area contributed by atoms with Gasteiger partial charge in [0.15, 0.2) is 0 Å². The molecule has 4 heteroatoms. The van der Waals surface area contributed by atoms with Crippen LogP contribution in [-0.2, 0) is 11.3 Å². The highest BCUT2D eigenvalue weighted by molar-refractivity contribution is 5.87. The highest BCUT2D eigenvalue weighted by atomic mass is 16.2. The Morgan fingerprint density at radius 3 is 3.08 bits per heavy atom. The predicted octanol–water partition coefficient (Wildman–Crippen LogP) is 0.944. The van der Waals surface area contributed by atoms with E-state index in [1.165, 1.54) is 6.08 Å². The summed E-state index contributed by atoms with van der Waals surface area (Å²) in [4.78, 5) is 19.8. The molecule has 0 bridgehead atoms. The summed E-state index contributed by atoms with van der Waals surface area (Å²) in [6.07, 6.45) is 6.66. The molecule has 1 N–H and O–H groups in total. The van der Waals surface area contributed by atoms with E-state index in [4.69, 9.17) is 0 Å². The minimum absolute atomic E-state index is 0.0149. The Labute approximate surface area is 77.3 Å². The number of allylic oxidation sites excluding steroid dienone is 1. The number of rotatable bonds is 3. The van der Waals surface area contributed by atoms with E-state index in [1.807, 2.05) is 6.92 Å². The van der Waals surface area contributed by atoms with Crippen molar-refractivity contribution in [3.05, 3.63) is 30.4 Å². The standard InChI is InChI=1S/C9H13N3O/c1-3-4-9(13)12(2)7-8-10-5-6-11-8/h3-6H,7H2,1-2H3,(H,10,11). The van der Waals surface area contributed by atoms with E-state index < -0.39 is 0 Å². The summed E-state index contributed by atoms with van der Waals surface area (Å²) in [6.45, 7) is 2.33. The minimum atomic E-state index is -0.0149. The molecule has 0 atom stereocenters. The normalized spacial score (nSPS) is 10.6. The molecule has 4 nitrogen and oxygen atoms in total. The van der Waals surface area contributed by atoms with Gasteiger partial charge in [-0.3, -0.25) is 4.79 Å². The Balaban J connectivity index is 2.50. The van der Waals surface area contributed by atoms with Crippen LogP contribution in [0.15, 0.2) is 24.5 Å². The smallest absolute Gasteiger partial charge is 0.246 e. The van der Waals surface area contributed by atoms with Crippen LogP contribution in [0.25, 0.3) is 0 Å². The molecule has 1 heterocycles. The molecule has 0 fully saturated rings. The summed E-state index contributed by atoms with van der Waals surface area (Å²) in [6, 6.07) is 0. The molecule has 0 aromatic carbocycles. The van der Waals surface area contributed by atoms with Gasteiger partial charge in [0, 0.05) is 19.4 Å². The first-order chi connectivity index (χ1) is 6.24. The van der Waals surface area contributed by atoms with Crippen LogP contribution in [0.1, 0.15) is 12.7 Å². The summed E-state index contributed by atoms with van der Waals surface area (Å²) in [7, 11) is 1.74. The third-order valence-electron chi connectivity index (χ3n) is 1.63. The number of carbonyl (C=O) groups excluding carboxylic acids is 1. The van der Waals surface area contributed by atoms with Crippen molar-refractivity contribution in [3.8, 4) is 0 Å². The second-order valence-corrected chi connectivity index (χ2v) is 2.73. The zero-order valence-electron chi connectivity index (χ0n) is 7.82. The fraction of sp³-hybridized carbons (Fsp3) is 0.333. The summed E-state index contributed by atoms with van der Waals surface area (Å²) >= 11 is 0. The third kappa shape index (κ3) is 2.74. The molecule has 1 aromatic heterocycles. The van der Waals surface area contributed by atoms with E-state index in [0.29, 0.717) is 6.54 Å². The Morgan fingerprint density at radius 1 is 1.77 bits per heavy atom. The first-order valence-corrected chi connectivity index (χ1v) is 4.10. The monoisotopic (exact) mass is 179 g/mol. The van der Waals surface area contributed by atoms with Crippen LogP contribution in [-0.4, -0.2) is 27.8 Å². The van der Waals surface area contributed by atoms with Crippen molar-refractivity contribution in [1.82, 2.24) is 14.9 Å². The number of imidazole rings is 1. The van der Waals surface area contributed by atoms with Crippen molar-refractivity contribution < 1.29 is 4.79 Å². The van der Waals surface area contributed by atoms with Crippen LogP contribution < -0.4 is 0 Å². The van der Waals surface area contributed by atoms with Crippen LogP contribution >= 0.6 is 0 Å². The predicted molar refractivity (Wildman–Crippen MR) is 49.9 cm³/mol. The molecule has 1 rings (SSSR count). The van der Waals surface area contributed by atoms with E-state index in [9.17, 15) is 4.79 Å². The SMILES string of the molecule is CC=CC(=O)N(C)Cc1ncc[nH]1. The quantitative estimate of drug-likeness (QED) is 0.702. The topological polar surface area (TPSA) is 49.0 Å². The van der Waals surface area contributed by atoms with Crippen molar-refractivity contribution in [2.75, 3.05) is 7.05 Å². The highest BCUT2D eigenvalue weighted by Gasteiger charge is 2.05. The van der Waals surface area contributed by atoms with Crippen LogP contribution in [0.3, 0.4) is 0 Å². The molecule has 0 unspecified atom stereocenters. The van der Waals surface area contributed by atoms with Crippen LogP contribution in [0.4, 0.5) is 0 Å². The average molecular weight is 179 g/mol. The number of hydrogen-bond acceptors (Lipinski definition) is 2. The summed E-state index contributed by atoms with van der Waals surface area (Å²) < 4.78 is 0. The number of aromatic amines is 1. The first-order valence-electron chi connectivity index (χ1n) is 4.10. The van der Waals surface area contributed by atoms with Gasteiger partial charge in [-0.05, 0) is 13.0 Å². The van der Waals surface area contributed by atoms with Crippen molar-refractivity contribution >= 4 is 5.91 Å². The highest BCUT2D eigenvalue weighted by Crippen LogP contribution is 1.96. The van der Waals surface area contributed by atoms with Gasteiger partial charge in [0.2, 0.25) is 5.91 Å². The number of H-pyrrole nitrogens is 1. The average Bonchev–Trinajstić information content (AvgIpc) is 2.57. The van der Waals surface area contributed by atoms with Gasteiger partial charge < -0.3 is 9.88 Å². The van der Waals surface area contributed by atoms with Gasteiger partial charge in [-0.25, -0.2) is 4.98 Å². The summed E-state index contributed by atoms with van der Waals surface area (Å²) in [5, 5.41) is 0. The maximum absolute atomic E-state index is 11.3. The Morgan fingerprint density at radius 2 is 2.54 bits per heavy atom. The van der Waals surface area contributed by atoms with Gasteiger partial charge in [-0.1, -0.05) is 6.08 Å². The van der Waals surface area contributed by atoms with E-state index in [-0.39, 0.29) is 5.91 Å². The Kier molecular flexibility index (Phi) is 3.25. The molecular weight excluding hydrogens is 166 g/mol. The van der Waals surface area contributed by atoms with Gasteiger partial charge >= 0.3 is 0 Å². The molecule has 13 heavy (non-hydrogen) atoms. The molecule has 0 saturated heterocycles. The number of carbonyl (C=O) groups is 1. The van der Waals surface area contributed by atoms with E-state index in [0.717, 1.165) is 5.82 Å². The second-order valence-electron chi connectivity index (χ2n) is 2.73. The molecule has 1 amide bonds. The Hall–Kier alpha value is -1.58. The number of likely N-dealkylation sites (N-methyl/N-ethyl adjacent to an activating group) is 1. The van der Waals surface area contributed by atoms with Crippen LogP contribution in [0.2, 0.25) is 0 Å². The largest absolute Gasteiger partial charge is 0.347 e. The van der Waals surface area contributed by atoms with Crippen molar-refractivity contribution in [3.63, 3.8) is 0 Å². The number of hydrogen-bond donors (Lipinski definition) is 1. The fourth-order valence-corrected chi connectivity index (χ4v) is 0.957. The zero-order chi connectivity index (χ0) is 9.68. The molecule has 0 aliphatic carbocycles. The van der Waals surface area contributed by atoms with Gasteiger partial charge in [-0.15, -0.1) is 0 Å². The Bertz CT molecular complexity index is 290. The van der Waals surface area contributed by atoms with E-state index in [1.54, 1.807) is 30.4 Å². The second kappa shape index (κ2) is 4.45. The van der Waals surface area contributed by atoms with Crippen molar-refractivity contribution in [2.24, 2.45) is 0 Å². The molecule has 1 aromatic rings. The maximum atomic E-state index is 11.3. The molecule has 0 saturated carbocycles. The lowest BCUT2D eigenvalue weighted by atomic mass is 10.4. The third-order valence-corrected chi connectivity index (χ3v) is 1.63. The first kappa shape index (κ1) is 9.51. The number of nitrogens with zero attached hydrogens (tertiary/aromatic N) is 2. The van der Waals surface area contributed by atoms with E-state index >= 15 is 0 Å². The fourth-order valence-electron chi connectivity index (χ4n) is 0.957. The van der Waals surface area contributed by atoms with Crippen molar-refractivity contribution in [1.29, 1.82) is 0 Å². The molecule has 0 spiro atoms. The summed E-state index contributed by atoms with van der Waals surface area (Å²) in [5.41, 5.74) is 0. The zero-order valence-corrected chi connectivity index (χ0v) is 7.82. The summed E-state index contributed by atoms with van der Waals surface area (Å²) in [5.74, 6) is 0.777. The van der Waals surface area contributed by atoms with E-state index in [2.05, 4.69) is 9.97 Å². The van der Waals surface area contributed by atoms with Crippen LogP contribution in [0.5, 0.6) is 0 Å². The van der Waals surface area contributed by atoms with Gasteiger partial charge in [-0.2, -0.15) is 0 Å². The van der Waals surface area contributed by atoms with Gasteiger partial charge in [0.25, 0.3) is 0 Å². The van der Waals surface area contributed by atoms with Crippen LogP contribution in [0, 0.1) is 0 Å². The number of amides is 1. The van der Waals surface area contributed by atoms with Crippen molar-refractivity contribution in [2.45, 2.75) is 13.5 Å². The lowest BCUT2D eigenvalue weighted by Gasteiger charge is -2.12. The molecule has 0 radical (unpaired) electrons. The maximum Gasteiger partial charge on any atom is 0.246 e. The number of aromatic nitrogens is 2. The number of nitrogens with one attached hydrogen (secondary N) is 1. The lowest BCUT2D eigenvalue weighted by Crippen LogP contribution is -2.24. The molecule has 0 aliphatic rings. The minimum Gasteiger partial charge on any atom is -0.347 e. The van der Waals surface area contributed by atoms with Gasteiger partial charge in [0.05, 0.1) is 6.54 Å². The molecule has 70 valence electrons. The van der Waals surface area contributed by atoms with Gasteiger partial charge in [0.1, 0.15) is 5.82 Å². The molecule has 0 aliphatic heterocycles. The lowest BCUT2D eigenvalue weighted by molar-refractivity contribution is -0.125. The molecular formula is C9H13N3O.